The molecule has 0 radical (unpaired) electrons. The molecule has 2 rings (SSSR count). The van der Waals surface area contributed by atoms with Crippen LogP contribution in [-0.2, 0) is 13.0 Å². The maximum absolute atomic E-state index is 11.8. The Bertz CT molecular complexity index is 514. The van der Waals surface area contributed by atoms with Crippen molar-refractivity contribution in [3.63, 3.8) is 0 Å². The first-order valence-corrected chi connectivity index (χ1v) is 5.29. The monoisotopic (exact) mass is 231 g/mol. The van der Waals surface area contributed by atoms with Gasteiger partial charge in [0, 0.05) is 6.42 Å². The molecule has 1 aromatic heterocycles. The van der Waals surface area contributed by atoms with E-state index in [1.165, 1.54) is 0 Å². The van der Waals surface area contributed by atoms with Gasteiger partial charge in [0.15, 0.2) is 5.76 Å². The molecule has 3 N–H and O–H groups in total. The van der Waals surface area contributed by atoms with Crippen molar-refractivity contribution in [2.75, 3.05) is 0 Å². The maximum atomic E-state index is 11.8. The number of carbonyl (C=O) groups excluding carboxylic acids is 1. The number of rotatable bonds is 4. The molecule has 0 aliphatic heterocycles. The van der Waals surface area contributed by atoms with Crippen LogP contribution in [0, 0.1) is 0 Å². The Labute approximate surface area is 98.7 Å². The standard InChI is InChI=1S/C13H13NO3/c14-8-11-5-6-13(17-11)12(16)7-9-1-3-10(15)4-2-9/h1-6,15H,7-8,14H2. The summed E-state index contributed by atoms with van der Waals surface area (Å²) < 4.78 is 5.27. The molecule has 1 heterocycles. The summed E-state index contributed by atoms with van der Waals surface area (Å²) in [5.74, 6) is 0.998. The number of furan rings is 1. The first-order chi connectivity index (χ1) is 8.19. The molecular weight excluding hydrogens is 218 g/mol. The number of hydrogen-bond acceptors (Lipinski definition) is 4. The molecule has 0 unspecified atom stereocenters. The molecule has 0 aliphatic carbocycles. The van der Waals surface area contributed by atoms with Crippen molar-refractivity contribution in [2.45, 2.75) is 13.0 Å². The molecular formula is C13H13NO3. The fourth-order valence-corrected chi connectivity index (χ4v) is 1.52. The van der Waals surface area contributed by atoms with E-state index in [1.54, 1.807) is 36.4 Å². The van der Waals surface area contributed by atoms with Crippen molar-refractivity contribution in [3.8, 4) is 5.75 Å². The first kappa shape index (κ1) is 11.4. The Balaban J connectivity index is 2.08. The lowest BCUT2D eigenvalue weighted by Gasteiger charge is -1.99. The van der Waals surface area contributed by atoms with Crippen LogP contribution in [0.25, 0.3) is 0 Å². The van der Waals surface area contributed by atoms with Crippen molar-refractivity contribution >= 4 is 5.78 Å². The molecule has 17 heavy (non-hydrogen) atoms. The topological polar surface area (TPSA) is 76.5 Å². The second-order valence-electron chi connectivity index (χ2n) is 3.74. The number of phenolic OH excluding ortho intramolecular Hbond substituents is 1. The van der Waals surface area contributed by atoms with Gasteiger partial charge in [-0.1, -0.05) is 12.1 Å². The van der Waals surface area contributed by atoms with Gasteiger partial charge in [0.2, 0.25) is 5.78 Å². The Morgan fingerprint density at radius 1 is 1.18 bits per heavy atom. The summed E-state index contributed by atoms with van der Waals surface area (Å²) in [5, 5.41) is 9.13. The summed E-state index contributed by atoms with van der Waals surface area (Å²) in [5.41, 5.74) is 6.23. The second-order valence-corrected chi connectivity index (χ2v) is 3.74. The predicted octanol–water partition coefficient (Wildman–Crippen LogP) is 1.87. The van der Waals surface area contributed by atoms with Gasteiger partial charge >= 0.3 is 0 Å². The van der Waals surface area contributed by atoms with Gasteiger partial charge in [-0.3, -0.25) is 4.79 Å². The van der Waals surface area contributed by atoms with Gasteiger partial charge < -0.3 is 15.3 Å². The summed E-state index contributed by atoms with van der Waals surface area (Å²) in [6, 6.07) is 9.85. The van der Waals surface area contributed by atoms with Crippen LogP contribution in [0.15, 0.2) is 40.8 Å². The van der Waals surface area contributed by atoms with Crippen molar-refractivity contribution < 1.29 is 14.3 Å². The summed E-state index contributed by atoms with van der Waals surface area (Å²) in [7, 11) is 0. The minimum absolute atomic E-state index is 0.101. The quantitative estimate of drug-likeness (QED) is 0.787. The zero-order valence-electron chi connectivity index (χ0n) is 9.22. The molecule has 0 amide bonds. The third-order valence-electron chi connectivity index (χ3n) is 2.44. The molecule has 0 bridgehead atoms. The molecule has 0 saturated heterocycles. The minimum atomic E-state index is -0.101. The Hall–Kier alpha value is -2.07. The lowest BCUT2D eigenvalue weighted by molar-refractivity contribution is 0.0964. The van der Waals surface area contributed by atoms with Crippen LogP contribution in [0.3, 0.4) is 0 Å². The molecule has 4 nitrogen and oxygen atoms in total. The first-order valence-electron chi connectivity index (χ1n) is 5.29. The van der Waals surface area contributed by atoms with E-state index in [1.807, 2.05) is 0 Å². The van der Waals surface area contributed by atoms with Crippen LogP contribution < -0.4 is 5.73 Å². The van der Waals surface area contributed by atoms with E-state index in [4.69, 9.17) is 15.3 Å². The largest absolute Gasteiger partial charge is 0.508 e. The zero-order valence-corrected chi connectivity index (χ0v) is 9.22. The van der Waals surface area contributed by atoms with Crippen LogP contribution in [0.2, 0.25) is 0 Å². The Morgan fingerprint density at radius 2 is 1.88 bits per heavy atom. The smallest absolute Gasteiger partial charge is 0.202 e. The summed E-state index contributed by atoms with van der Waals surface area (Å²) in [6.45, 7) is 0.284. The lowest BCUT2D eigenvalue weighted by atomic mass is 10.1. The van der Waals surface area contributed by atoms with Gasteiger partial charge in [0.1, 0.15) is 11.5 Å². The van der Waals surface area contributed by atoms with Crippen molar-refractivity contribution in [2.24, 2.45) is 5.73 Å². The number of nitrogens with two attached hydrogens (primary N) is 1. The average molecular weight is 231 g/mol. The summed E-state index contributed by atoms with van der Waals surface area (Å²) in [4.78, 5) is 11.8. The maximum Gasteiger partial charge on any atom is 0.202 e. The lowest BCUT2D eigenvalue weighted by Crippen LogP contribution is -2.02. The normalized spacial score (nSPS) is 10.4. The van der Waals surface area contributed by atoms with Gasteiger partial charge in [-0.2, -0.15) is 0 Å². The van der Waals surface area contributed by atoms with E-state index in [0.29, 0.717) is 11.5 Å². The molecule has 2 aromatic rings. The van der Waals surface area contributed by atoms with E-state index in [-0.39, 0.29) is 24.5 Å². The number of hydrogen-bond donors (Lipinski definition) is 2. The highest BCUT2D eigenvalue weighted by Gasteiger charge is 2.11. The van der Waals surface area contributed by atoms with Gasteiger partial charge in [0.05, 0.1) is 6.54 Å². The third-order valence-corrected chi connectivity index (χ3v) is 2.44. The summed E-state index contributed by atoms with van der Waals surface area (Å²) >= 11 is 0. The number of ketones is 1. The molecule has 0 fully saturated rings. The van der Waals surface area contributed by atoms with Gasteiger partial charge in [-0.05, 0) is 29.8 Å². The minimum Gasteiger partial charge on any atom is -0.508 e. The van der Waals surface area contributed by atoms with Crippen LogP contribution in [-0.4, -0.2) is 10.9 Å². The Kier molecular flexibility index (Phi) is 3.25. The molecule has 0 saturated carbocycles. The van der Waals surface area contributed by atoms with E-state index in [9.17, 15) is 4.79 Å². The van der Waals surface area contributed by atoms with E-state index in [2.05, 4.69) is 0 Å². The number of carbonyl (C=O) groups is 1. The number of benzene rings is 1. The average Bonchev–Trinajstić information content (AvgIpc) is 2.81. The molecule has 88 valence electrons. The number of Topliss-reactive ketones (excluding diaryl/α,β-unsaturated/α-hetero) is 1. The predicted molar refractivity (Wildman–Crippen MR) is 62.7 cm³/mol. The highest BCUT2D eigenvalue weighted by Crippen LogP contribution is 2.14. The van der Waals surface area contributed by atoms with Crippen LogP contribution >= 0.6 is 0 Å². The summed E-state index contributed by atoms with van der Waals surface area (Å²) in [6.07, 6.45) is 0.248. The van der Waals surface area contributed by atoms with Gasteiger partial charge in [0.25, 0.3) is 0 Å². The van der Waals surface area contributed by atoms with E-state index >= 15 is 0 Å². The third kappa shape index (κ3) is 2.73. The fourth-order valence-electron chi connectivity index (χ4n) is 1.52. The molecule has 0 spiro atoms. The fraction of sp³-hybridized carbons (Fsp3) is 0.154. The van der Waals surface area contributed by atoms with Gasteiger partial charge in [-0.15, -0.1) is 0 Å². The number of aromatic hydroxyl groups is 1. The molecule has 0 aliphatic rings. The molecule has 0 atom stereocenters. The highest BCUT2D eigenvalue weighted by molar-refractivity contribution is 5.95. The van der Waals surface area contributed by atoms with Crippen LogP contribution in [0.1, 0.15) is 21.9 Å². The molecule has 1 aromatic carbocycles. The number of phenols is 1. The zero-order chi connectivity index (χ0) is 12.3. The SMILES string of the molecule is NCc1ccc(C(=O)Cc2ccc(O)cc2)o1. The van der Waals surface area contributed by atoms with Crippen molar-refractivity contribution in [1.82, 2.24) is 0 Å². The molecule has 4 heteroatoms. The van der Waals surface area contributed by atoms with Gasteiger partial charge in [-0.25, -0.2) is 0 Å². The van der Waals surface area contributed by atoms with Crippen LogP contribution in [0.5, 0.6) is 5.75 Å². The van der Waals surface area contributed by atoms with Crippen LogP contribution in [0.4, 0.5) is 0 Å². The van der Waals surface area contributed by atoms with Crippen molar-refractivity contribution in [1.29, 1.82) is 0 Å². The van der Waals surface area contributed by atoms with Crippen molar-refractivity contribution in [3.05, 3.63) is 53.5 Å². The Morgan fingerprint density at radius 3 is 2.47 bits per heavy atom. The second kappa shape index (κ2) is 4.84. The van der Waals surface area contributed by atoms with E-state index in [0.717, 1.165) is 5.56 Å². The highest BCUT2D eigenvalue weighted by atomic mass is 16.3. The van der Waals surface area contributed by atoms with E-state index < -0.39 is 0 Å².